The number of nitrogens with one attached hydrogen (secondary N) is 1. The van der Waals surface area contributed by atoms with Crippen molar-refractivity contribution >= 4 is 17.2 Å². The molecule has 0 aliphatic rings. The molecular weight excluding hydrogens is 296 g/mol. The summed E-state index contributed by atoms with van der Waals surface area (Å²) in [7, 11) is 0. The first kappa shape index (κ1) is 15.4. The minimum Gasteiger partial charge on any atom is -0.435 e. The topological polar surface area (TPSA) is 38.3 Å². The molecule has 6 heteroatoms. The molecule has 3 nitrogen and oxygen atoms in total. The average molecular weight is 311 g/mol. The van der Waals surface area contributed by atoms with E-state index in [-0.39, 0.29) is 18.1 Å². The van der Waals surface area contributed by atoms with Gasteiger partial charge in [-0.25, -0.2) is 0 Å². The Labute approximate surface area is 125 Å². The molecule has 2 aromatic rings. The van der Waals surface area contributed by atoms with Gasteiger partial charge in [0.05, 0.1) is 6.42 Å². The zero-order chi connectivity index (χ0) is 15.1. The summed E-state index contributed by atoms with van der Waals surface area (Å²) < 4.78 is 28.3. The molecule has 1 amide bonds. The summed E-state index contributed by atoms with van der Waals surface area (Å²) in [5.74, 6) is 0.000868. The van der Waals surface area contributed by atoms with E-state index in [1.54, 1.807) is 23.5 Å². The lowest BCUT2D eigenvalue weighted by molar-refractivity contribution is -0.120. The molecule has 21 heavy (non-hydrogen) atoms. The molecular formula is C15H15F2NO2S. The van der Waals surface area contributed by atoms with Gasteiger partial charge in [0, 0.05) is 11.4 Å². The number of alkyl halides is 2. The highest BCUT2D eigenvalue weighted by atomic mass is 32.1. The molecule has 0 fully saturated rings. The molecule has 0 bridgehead atoms. The van der Waals surface area contributed by atoms with Crippen LogP contribution in [0.3, 0.4) is 0 Å². The molecule has 0 aliphatic carbocycles. The summed E-state index contributed by atoms with van der Waals surface area (Å²) in [5, 5.41) is 4.83. The van der Waals surface area contributed by atoms with Crippen molar-refractivity contribution in [2.45, 2.75) is 19.5 Å². The average Bonchev–Trinajstić information content (AvgIpc) is 2.93. The summed E-state index contributed by atoms with van der Waals surface area (Å²) in [6, 6.07) is 10.1. The number of thiophene rings is 1. The molecule has 0 saturated carbocycles. The van der Waals surface area contributed by atoms with E-state index in [4.69, 9.17) is 0 Å². The van der Waals surface area contributed by atoms with Crippen LogP contribution < -0.4 is 10.1 Å². The van der Waals surface area contributed by atoms with Crippen LogP contribution in [0, 0.1) is 0 Å². The highest BCUT2D eigenvalue weighted by molar-refractivity contribution is 7.09. The summed E-state index contributed by atoms with van der Waals surface area (Å²) in [4.78, 5) is 13.0. The van der Waals surface area contributed by atoms with Gasteiger partial charge < -0.3 is 10.1 Å². The van der Waals surface area contributed by atoms with E-state index in [0.717, 1.165) is 12.0 Å². The molecule has 0 aliphatic heterocycles. The van der Waals surface area contributed by atoms with Crippen molar-refractivity contribution in [2.75, 3.05) is 6.54 Å². The normalized spacial score (nSPS) is 10.6. The minimum atomic E-state index is -2.84. The number of ether oxygens (including phenoxy) is 1. The van der Waals surface area contributed by atoms with Crippen LogP contribution in [0.25, 0.3) is 0 Å². The van der Waals surface area contributed by atoms with E-state index in [2.05, 4.69) is 10.1 Å². The zero-order valence-electron chi connectivity index (χ0n) is 11.2. The van der Waals surface area contributed by atoms with Gasteiger partial charge in [0.15, 0.2) is 0 Å². The van der Waals surface area contributed by atoms with Gasteiger partial charge in [0.1, 0.15) is 5.75 Å². The minimum absolute atomic E-state index is 0.0888. The van der Waals surface area contributed by atoms with Gasteiger partial charge in [-0.05, 0) is 35.6 Å². The summed E-state index contributed by atoms with van der Waals surface area (Å²) in [6.45, 7) is -2.25. The number of hydrogen-bond acceptors (Lipinski definition) is 3. The first-order chi connectivity index (χ1) is 10.1. The van der Waals surface area contributed by atoms with E-state index in [1.165, 1.54) is 17.0 Å². The summed E-state index contributed by atoms with van der Waals surface area (Å²) in [5.41, 5.74) is 0.755. The van der Waals surface area contributed by atoms with Crippen LogP contribution in [-0.4, -0.2) is 19.1 Å². The molecule has 0 radical (unpaired) electrons. The molecule has 0 spiro atoms. The number of hydrogen-bond donors (Lipinski definition) is 1. The molecule has 1 aromatic carbocycles. The Balaban J connectivity index is 1.74. The summed E-state index contributed by atoms with van der Waals surface area (Å²) >= 11 is 1.66. The fourth-order valence-corrected chi connectivity index (χ4v) is 2.53. The molecule has 0 atom stereocenters. The first-order valence-corrected chi connectivity index (χ1v) is 7.34. The van der Waals surface area contributed by atoms with Crippen LogP contribution in [0.2, 0.25) is 0 Å². The number of halogens is 2. The van der Waals surface area contributed by atoms with E-state index < -0.39 is 6.61 Å². The monoisotopic (exact) mass is 311 g/mol. The Morgan fingerprint density at radius 3 is 2.62 bits per heavy atom. The lowest BCUT2D eigenvalue weighted by Crippen LogP contribution is -2.27. The van der Waals surface area contributed by atoms with Crippen LogP contribution in [0.1, 0.15) is 10.4 Å². The molecule has 112 valence electrons. The first-order valence-electron chi connectivity index (χ1n) is 6.46. The molecule has 1 heterocycles. The van der Waals surface area contributed by atoms with Crippen molar-refractivity contribution in [3.63, 3.8) is 0 Å². The SMILES string of the molecule is O=C(Cc1ccc(OC(F)F)cc1)NCCc1cccs1. The lowest BCUT2D eigenvalue weighted by Gasteiger charge is -2.06. The van der Waals surface area contributed by atoms with Crippen molar-refractivity contribution in [1.82, 2.24) is 5.32 Å². The molecule has 0 unspecified atom stereocenters. The van der Waals surface area contributed by atoms with Crippen molar-refractivity contribution < 1.29 is 18.3 Å². The van der Waals surface area contributed by atoms with Gasteiger partial charge >= 0.3 is 6.61 Å². The van der Waals surface area contributed by atoms with E-state index >= 15 is 0 Å². The number of rotatable bonds is 7. The van der Waals surface area contributed by atoms with Crippen LogP contribution in [0.5, 0.6) is 5.75 Å². The largest absolute Gasteiger partial charge is 0.435 e. The maximum absolute atomic E-state index is 12.0. The Kier molecular flexibility index (Phi) is 5.68. The molecule has 0 saturated heterocycles. The van der Waals surface area contributed by atoms with E-state index in [0.29, 0.717) is 6.54 Å². The number of benzene rings is 1. The van der Waals surface area contributed by atoms with Crippen molar-refractivity contribution in [3.05, 3.63) is 52.2 Å². The Morgan fingerprint density at radius 2 is 2.00 bits per heavy atom. The fourth-order valence-electron chi connectivity index (χ4n) is 1.82. The van der Waals surface area contributed by atoms with Crippen LogP contribution in [-0.2, 0) is 17.6 Å². The quantitative estimate of drug-likeness (QED) is 0.852. The predicted molar refractivity (Wildman–Crippen MR) is 77.8 cm³/mol. The van der Waals surface area contributed by atoms with Crippen LogP contribution in [0.4, 0.5) is 8.78 Å². The summed E-state index contributed by atoms with van der Waals surface area (Å²) in [6.07, 6.45) is 1.03. The van der Waals surface area contributed by atoms with Crippen LogP contribution in [0.15, 0.2) is 41.8 Å². The van der Waals surface area contributed by atoms with Crippen molar-refractivity contribution in [2.24, 2.45) is 0 Å². The number of amides is 1. The van der Waals surface area contributed by atoms with Gasteiger partial charge in [-0.1, -0.05) is 18.2 Å². The standard InChI is InChI=1S/C15H15F2NO2S/c16-15(17)20-12-5-3-11(4-6-12)10-14(19)18-8-7-13-2-1-9-21-13/h1-6,9,15H,7-8,10H2,(H,18,19). The lowest BCUT2D eigenvalue weighted by atomic mass is 10.1. The van der Waals surface area contributed by atoms with Crippen LogP contribution >= 0.6 is 11.3 Å². The molecule has 1 N–H and O–H groups in total. The third-order valence-corrected chi connectivity index (χ3v) is 3.72. The van der Waals surface area contributed by atoms with Gasteiger partial charge in [0.25, 0.3) is 0 Å². The maximum atomic E-state index is 12.0. The predicted octanol–water partition coefficient (Wildman–Crippen LogP) is 3.25. The van der Waals surface area contributed by atoms with Gasteiger partial charge in [0.2, 0.25) is 5.91 Å². The van der Waals surface area contributed by atoms with Gasteiger partial charge in [-0.3, -0.25) is 4.79 Å². The van der Waals surface area contributed by atoms with Crippen molar-refractivity contribution in [1.29, 1.82) is 0 Å². The second kappa shape index (κ2) is 7.73. The van der Waals surface area contributed by atoms with E-state index in [1.807, 2.05) is 17.5 Å². The second-order valence-corrected chi connectivity index (χ2v) is 5.41. The van der Waals surface area contributed by atoms with E-state index in [9.17, 15) is 13.6 Å². The number of carbonyl (C=O) groups excluding carboxylic acids is 1. The zero-order valence-corrected chi connectivity index (χ0v) is 12.0. The fraction of sp³-hybridized carbons (Fsp3) is 0.267. The highest BCUT2D eigenvalue weighted by Gasteiger charge is 2.06. The third kappa shape index (κ3) is 5.51. The maximum Gasteiger partial charge on any atom is 0.387 e. The third-order valence-electron chi connectivity index (χ3n) is 2.79. The highest BCUT2D eigenvalue weighted by Crippen LogP contribution is 2.15. The van der Waals surface area contributed by atoms with Crippen molar-refractivity contribution in [3.8, 4) is 5.75 Å². The number of carbonyl (C=O) groups is 1. The Hall–Kier alpha value is -1.95. The smallest absolute Gasteiger partial charge is 0.387 e. The van der Waals surface area contributed by atoms with Gasteiger partial charge in [-0.15, -0.1) is 11.3 Å². The Bertz CT molecular complexity index is 556. The second-order valence-electron chi connectivity index (χ2n) is 4.38. The van der Waals surface area contributed by atoms with Gasteiger partial charge in [-0.2, -0.15) is 8.78 Å². The molecule has 2 rings (SSSR count). The Morgan fingerprint density at radius 1 is 1.24 bits per heavy atom. The molecule has 1 aromatic heterocycles.